The van der Waals surface area contributed by atoms with Gasteiger partial charge in [-0.3, -0.25) is 4.79 Å². The summed E-state index contributed by atoms with van der Waals surface area (Å²) in [5.74, 6) is 0.612. The lowest BCUT2D eigenvalue weighted by Gasteiger charge is -2.14. The Kier molecular flexibility index (Phi) is 7.22. The maximum absolute atomic E-state index is 12.1. The van der Waals surface area contributed by atoms with E-state index in [1.807, 2.05) is 36.4 Å². The Labute approximate surface area is 179 Å². The molecular weight excluding hydrogens is 396 g/mol. The van der Waals surface area contributed by atoms with Gasteiger partial charge in [0.1, 0.15) is 17.2 Å². The zero-order valence-electron chi connectivity index (χ0n) is 16.8. The van der Waals surface area contributed by atoms with Gasteiger partial charge in [-0.2, -0.15) is 5.26 Å². The number of anilines is 1. The highest BCUT2D eigenvalue weighted by Crippen LogP contribution is 2.22. The third kappa shape index (κ3) is 6.61. The van der Waals surface area contributed by atoms with Crippen LogP contribution in [0.5, 0.6) is 17.2 Å². The number of carbonyl (C=O) groups excluding carboxylic acids is 2. The summed E-state index contributed by atoms with van der Waals surface area (Å²) in [7, 11) is 0. The van der Waals surface area contributed by atoms with Crippen molar-refractivity contribution in [3.05, 3.63) is 84.4 Å². The number of carbonyl (C=O) groups is 2. The average molecular weight is 416 g/mol. The minimum atomic E-state index is -0.907. The molecule has 3 rings (SSSR count). The van der Waals surface area contributed by atoms with E-state index in [0.717, 1.165) is 0 Å². The number of ether oxygens (including phenoxy) is 3. The highest BCUT2D eigenvalue weighted by Gasteiger charge is 2.18. The first-order chi connectivity index (χ1) is 15.0. The normalized spacial score (nSPS) is 11.0. The molecule has 7 heteroatoms. The van der Waals surface area contributed by atoms with Gasteiger partial charge in [-0.05, 0) is 67.6 Å². The second-order valence-corrected chi connectivity index (χ2v) is 6.49. The van der Waals surface area contributed by atoms with E-state index in [2.05, 4.69) is 5.32 Å². The Morgan fingerprint density at radius 3 is 2.16 bits per heavy atom. The molecule has 1 amide bonds. The fraction of sp³-hybridized carbons (Fsp3) is 0.125. The fourth-order valence-corrected chi connectivity index (χ4v) is 2.54. The van der Waals surface area contributed by atoms with E-state index in [4.69, 9.17) is 19.5 Å². The van der Waals surface area contributed by atoms with Gasteiger partial charge in [0.2, 0.25) is 0 Å². The third-order valence-corrected chi connectivity index (χ3v) is 4.09. The first-order valence-corrected chi connectivity index (χ1v) is 9.50. The largest absolute Gasteiger partial charge is 0.479 e. The van der Waals surface area contributed by atoms with Gasteiger partial charge in [0.25, 0.3) is 5.91 Å². The lowest BCUT2D eigenvalue weighted by atomic mass is 10.2. The van der Waals surface area contributed by atoms with E-state index >= 15 is 0 Å². The molecule has 0 spiro atoms. The van der Waals surface area contributed by atoms with E-state index in [-0.39, 0.29) is 0 Å². The molecule has 0 aliphatic heterocycles. The topological polar surface area (TPSA) is 97.6 Å². The van der Waals surface area contributed by atoms with Gasteiger partial charge in [-0.25, -0.2) is 4.79 Å². The number of amides is 1. The minimum absolute atomic E-state index is 0.422. The zero-order chi connectivity index (χ0) is 22.1. The summed E-state index contributed by atoms with van der Waals surface area (Å²) in [6, 6.07) is 24.5. The summed E-state index contributed by atoms with van der Waals surface area (Å²) in [6.45, 7) is 1.08. The highest BCUT2D eigenvalue weighted by molar-refractivity contribution is 5.93. The van der Waals surface area contributed by atoms with Crippen LogP contribution in [0.2, 0.25) is 0 Å². The standard InChI is InChI=1S/C24H20N2O5/c1-17(30-21-11-7-18(15-25)8-12-21)24(28)29-16-23(27)26-19-9-13-22(14-10-19)31-20-5-3-2-4-6-20/h2-14,17H,16H2,1H3,(H,26,27)/t17-/m0/s1. The smallest absolute Gasteiger partial charge is 0.347 e. The van der Waals surface area contributed by atoms with Crippen molar-refractivity contribution in [1.82, 2.24) is 0 Å². The minimum Gasteiger partial charge on any atom is -0.479 e. The van der Waals surface area contributed by atoms with E-state index < -0.39 is 24.6 Å². The fourth-order valence-electron chi connectivity index (χ4n) is 2.54. The molecule has 31 heavy (non-hydrogen) atoms. The predicted octanol–water partition coefficient (Wildman–Crippen LogP) is 4.30. The van der Waals surface area contributed by atoms with Crippen LogP contribution < -0.4 is 14.8 Å². The number of hydrogen-bond acceptors (Lipinski definition) is 6. The molecule has 0 saturated heterocycles. The van der Waals surface area contributed by atoms with Crippen molar-refractivity contribution in [1.29, 1.82) is 5.26 Å². The second-order valence-electron chi connectivity index (χ2n) is 6.49. The molecule has 3 aromatic carbocycles. The molecule has 1 atom stereocenters. The van der Waals surface area contributed by atoms with Crippen molar-refractivity contribution in [3.63, 3.8) is 0 Å². The maximum atomic E-state index is 12.1. The van der Waals surface area contributed by atoms with Crippen LogP contribution in [-0.2, 0) is 14.3 Å². The summed E-state index contributed by atoms with van der Waals surface area (Å²) >= 11 is 0. The van der Waals surface area contributed by atoms with Crippen molar-refractivity contribution < 1.29 is 23.8 Å². The first-order valence-electron chi connectivity index (χ1n) is 9.50. The first kappa shape index (κ1) is 21.4. The molecule has 0 heterocycles. The van der Waals surface area contributed by atoms with Crippen LogP contribution in [0.25, 0.3) is 0 Å². The molecule has 156 valence electrons. The number of benzene rings is 3. The van der Waals surface area contributed by atoms with Gasteiger partial charge < -0.3 is 19.5 Å². The summed E-state index contributed by atoms with van der Waals surface area (Å²) in [4.78, 5) is 24.1. The van der Waals surface area contributed by atoms with Crippen LogP contribution in [0.15, 0.2) is 78.9 Å². The molecule has 0 aliphatic rings. The lowest BCUT2D eigenvalue weighted by Crippen LogP contribution is -2.29. The van der Waals surface area contributed by atoms with Gasteiger partial charge >= 0.3 is 5.97 Å². The Bertz CT molecular complexity index is 1060. The molecule has 0 saturated carbocycles. The summed E-state index contributed by atoms with van der Waals surface area (Å²) in [5.41, 5.74) is 1.03. The molecule has 0 fully saturated rings. The summed E-state index contributed by atoms with van der Waals surface area (Å²) < 4.78 is 16.2. The van der Waals surface area contributed by atoms with Crippen LogP contribution in [0.4, 0.5) is 5.69 Å². The molecule has 1 N–H and O–H groups in total. The number of rotatable bonds is 8. The molecule has 0 bridgehead atoms. The Hall–Kier alpha value is -4.31. The van der Waals surface area contributed by atoms with Crippen molar-refractivity contribution in [2.45, 2.75) is 13.0 Å². The van der Waals surface area contributed by atoms with Crippen LogP contribution in [-0.4, -0.2) is 24.6 Å². The summed E-state index contributed by atoms with van der Waals surface area (Å²) in [6.07, 6.45) is -0.907. The van der Waals surface area contributed by atoms with E-state index in [9.17, 15) is 9.59 Å². The zero-order valence-corrected chi connectivity index (χ0v) is 16.8. The maximum Gasteiger partial charge on any atom is 0.347 e. The highest BCUT2D eigenvalue weighted by atomic mass is 16.6. The summed E-state index contributed by atoms with van der Waals surface area (Å²) in [5, 5.41) is 11.4. The van der Waals surface area contributed by atoms with Gasteiger partial charge in [0.05, 0.1) is 11.6 Å². The molecule has 0 unspecified atom stereocenters. The van der Waals surface area contributed by atoms with Crippen molar-refractivity contribution in [2.75, 3.05) is 11.9 Å². The molecule has 0 radical (unpaired) electrons. The number of esters is 1. The SMILES string of the molecule is C[C@H](Oc1ccc(C#N)cc1)C(=O)OCC(=O)Nc1ccc(Oc2ccccc2)cc1. The Balaban J connectivity index is 1.43. The van der Waals surface area contributed by atoms with Crippen LogP contribution in [0.1, 0.15) is 12.5 Å². The van der Waals surface area contributed by atoms with E-state index in [0.29, 0.717) is 28.5 Å². The molecular formula is C24H20N2O5. The van der Waals surface area contributed by atoms with Crippen LogP contribution in [0.3, 0.4) is 0 Å². The van der Waals surface area contributed by atoms with Crippen molar-refractivity contribution in [3.8, 4) is 23.3 Å². The Morgan fingerprint density at radius 1 is 0.903 bits per heavy atom. The Morgan fingerprint density at radius 2 is 1.52 bits per heavy atom. The molecule has 7 nitrogen and oxygen atoms in total. The number of hydrogen-bond donors (Lipinski definition) is 1. The van der Waals surface area contributed by atoms with Gasteiger partial charge in [-0.15, -0.1) is 0 Å². The average Bonchev–Trinajstić information content (AvgIpc) is 2.80. The lowest BCUT2D eigenvalue weighted by molar-refractivity contribution is -0.153. The van der Waals surface area contributed by atoms with Crippen LogP contribution in [0, 0.1) is 11.3 Å². The monoisotopic (exact) mass is 416 g/mol. The number of nitrogens with one attached hydrogen (secondary N) is 1. The number of nitriles is 1. The number of para-hydroxylation sites is 1. The molecule has 0 aromatic heterocycles. The molecule has 3 aromatic rings. The van der Waals surface area contributed by atoms with Gasteiger partial charge in [-0.1, -0.05) is 18.2 Å². The van der Waals surface area contributed by atoms with E-state index in [1.165, 1.54) is 6.92 Å². The van der Waals surface area contributed by atoms with Gasteiger partial charge in [0, 0.05) is 5.69 Å². The number of nitrogens with zero attached hydrogens (tertiary/aromatic N) is 1. The quantitative estimate of drug-likeness (QED) is 0.550. The van der Waals surface area contributed by atoms with Crippen molar-refractivity contribution >= 4 is 17.6 Å². The van der Waals surface area contributed by atoms with E-state index in [1.54, 1.807) is 48.5 Å². The second kappa shape index (κ2) is 10.5. The molecule has 0 aliphatic carbocycles. The predicted molar refractivity (Wildman–Crippen MR) is 114 cm³/mol. The van der Waals surface area contributed by atoms with Crippen molar-refractivity contribution in [2.24, 2.45) is 0 Å². The van der Waals surface area contributed by atoms with Crippen LogP contribution >= 0.6 is 0 Å². The van der Waals surface area contributed by atoms with Gasteiger partial charge in [0.15, 0.2) is 12.7 Å². The third-order valence-electron chi connectivity index (χ3n) is 4.09.